The molecule has 1 aliphatic heterocycles. The van der Waals surface area contributed by atoms with Crippen LogP contribution in [0.5, 0.6) is 0 Å². The van der Waals surface area contributed by atoms with E-state index < -0.39 is 9.84 Å². The van der Waals surface area contributed by atoms with Gasteiger partial charge in [0.15, 0.2) is 9.84 Å². The number of hydrogen-bond donors (Lipinski definition) is 1. The van der Waals surface area contributed by atoms with Gasteiger partial charge in [-0.3, -0.25) is 4.79 Å². The third-order valence-electron chi connectivity index (χ3n) is 5.42. The lowest BCUT2D eigenvalue weighted by Crippen LogP contribution is -2.21. The molecule has 1 N–H and O–H groups in total. The van der Waals surface area contributed by atoms with Gasteiger partial charge >= 0.3 is 0 Å². The molecule has 8 nitrogen and oxygen atoms in total. The lowest BCUT2D eigenvalue weighted by atomic mass is 10.2. The van der Waals surface area contributed by atoms with Crippen molar-refractivity contribution in [1.82, 2.24) is 19.6 Å². The number of carbonyl (C=O) groups excluding carboxylic acids is 1. The third-order valence-corrected chi connectivity index (χ3v) is 7.17. The zero-order valence-corrected chi connectivity index (χ0v) is 16.5. The maximum absolute atomic E-state index is 13.0. The first kappa shape index (κ1) is 18.1. The monoisotopic (exact) mass is 411 g/mol. The second kappa shape index (κ2) is 6.84. The molecule has 1 saturated heterocycles. The minimum Gasteiger partial charge on any atom is -0.305 e. The van der Waals surface area contributed by atoms with Crippen LogP contribution < -0.4 is 5.32 Å². The number of aromatic nitrogens is 4. The van der Waals surface area contributed by atoms with Crippen LogP contribution in [0.1, 0.15) is 47.4 Å². The molecule has 0 bridgehead atoms. The summed E-state index contributed by atoms with van der Waals surface area (Å²) < 4.78 is 27.2. The highest BCUT2D eigenvalue weighted by Crippen LogP contribution is 2.41. The first-order valence-electron chi connectivity index (χ1n) is 9.71. The molecule has 9 heteroatoms. The number of hydrogen-bond acceptors (Lipinski definition) is 5. The minimum atomic E-state index is -3.06. The van der Waals surface area contributed by atoms with Crippen molar-refractivity contribution in [3.63, 3.8) is 0 Å². The molecule has 2 fully saturated rings. The summed E-state index contributed by atoms with van der Waals surface area (Å²) in [6, 6.07) is 12.7. The molecule has 0 spiro atoms. The molecule has 3 heterocycles. The average molecular weight is 411 g/mol. The summed E-state index contributed by atoms with van der Waals surface area (Å²) in [4.78, 5) is 13.0. The summed E-state index contributed by atoms with van der Waals surface area (Å²) in [5.74, 6) is 0.851. The molecule has 1 amide bonds. The summed E-state index contributed by atoms with van der Waals surface area (Å²) in [5.41, 5.74) is 2.11. The Kier molecular flexibility index (Phi) is 4.27. The van der Waals surface area contributed by atoms with Crippen molar-refractivity contribution in [2.45, 2.75) is 31.2 Å². The smallest absolute Gasteiger partial charge is 0.275 e. The van der Waals surface area contributed by atoms with Gasteiger partial charge in [-0.1, -0.05) is 18.2 Å². The highest BCUT2D eigenvalue weighted by Gasteiger charge is 2.34. The predicted molar refractivity (Wildman–Crippen MR) is 108 cm³/mol. The van der Waals surface area contributed by atoms with Gasteiger partial charge in [-0.2, -0.15) is 10.2 Å². The van der Waals surface area contributed by atoms with Gasteiger partial charge in [0.25, 0.3) is 5.91 Å². The van der Waals surface area contributed by atoms with E-state index >= 15 is 0 Å². The second-order valence-corrected chi connectivity index (χ2v) is 9.88. The highest BCUT2D eigenvalue weighted by atomic mass is 32.2. The summed E-state index contributed by atoms with van der Waals surface area (Å²) >= 11 is 0. The Bertz CT molecular complexity index is 1160. The summed E-state index contributed by atoms with van der Waals surface area (Å²) in [6.07, 6.45) is 4.25. The van der Waals surface area contributed by atoms with Gasteiger partial charge in [-0.25, -0.2) is 17.8 Å². The number of nitrogens with one attached hydrogen (secondary N) is 1. The molecule has 29 heavy (non-hydrogen) atoms. The lowest BCUT2D eigenvalue weighted by Gasteiger charge is -2.14. The molecule has 2 aromatic heterocycles. The minimum absolute atomic E-state index is 0.0591. The number of rotatable bonds is 5. The molecule has 2 aliphatic rings. The van der Waals surface area contributed by atoms with Crippen molar-refractivity contribution in [3.8, 4) is 5.69 Å². The molecule has 0 radical (unpaired) electrons. The topological polar surface area (TPSA) is 98.9 Å². The lowest BCUT2D eigenvalue weighted by molar-refractivity contribution is 0.101. The fourth-order valence-corrected chi connectivity index (χ4v) is 5.45. The Balaban J connectivity index is 1.45. The van der Waals surface area contributed by atoms with Gasteiger partial charge in [0, 0.05) is 12.0 Å². The van der Waals surface area contributed by atoms with Crippen molar-refractivity contribution in [3.05, 3.63) is 60.0 Å². The number of para-hydroxylation sites is 1. The van der Waals surface area contributed by atoms with Crippen molar-refractivity contribution in [2.75, 3.05) is 16.8 Å². The van der Waals surface area contributed by atoms with Crippen LogP contribution in [0.15, 0.2) is 48.7 Å². The van der Waals surface area contributed by atoms with E-state index in [4.69, 9.17) is 0 Å². The van der Waals surface area contributed by atoms with Crippen LogP contribution in [0.25, 0.3) is 5.69 Å². The Morgan fingerprint density at radius 1 is 1.10 bits per heavy atom. The second-order valence-electron chi connectivity index (χ2n) is 7.65. The maximum atomic E-state index is 13.0. The van der Waals surface area contributed by atoms with Gasteiger partial charge in [0.2, 0.25) is 0 Å². The van der Waals surface area contributed by atoms with E-state index in [1.165, 1.54) is 0 Å². The summed E-state index contributed by atoms with van der Waals surface area (Å²) in [7, 11) is -3.06. The fourth-order valence-electron chi connectivity index (χ4n) is 3.76. The van der Waals surface area contributed by atoms with Gasteiger partial charge in [0.1, 0.15) is 11.5 Å². The van der Waals surface area contributed by atoms with Gasteiger partial charge in [0.05, 0.1) is 35.1 Å². The van der Waals surface area contributed by atoms with E-state index in [9.17, 15) is 13.2 Å². The van der Waals surface area contributed by atoms with Crippen LogP contribution in [0.3, 0.4) is 0 Å². The molecule has 1 unspecified atom stereocenters. The van der Waals surface area contributed by atoms with Crippen LogP contribution in [0.4, 0.5) is 5.82 Å². The van der Waals surface area contributed by atoms with E-state index in [1.54, 1.807) is 21.6 Å². The van der Waals surface area contributed by atoms with E-state index in [-0.39, 0.29) is 23.5 Å². The van der Waals surface area contributed by atoms with Crippen molar-refractivity contribution < 1.29 is 13.2 Å². The SMILES string of the molecule is O=C(Nc1cc(C2CC2)nn1C1CCS(=O)(=O)C1)c1ccnn1-c1ccccc1. The molecule has 1 saturated carbocycles. The largest absolute Gasteiger partial charge is 0.305 e. The average Bonchev–Trinajstić information content (AvgIpc) is 3.12. The number of amides is 1. The molecular weight excluding hydrogens is 390 g/mol. The van der Waals surface area contributed by atoms with Gasteiger partial charge in [-0.15, -0.1) is 0 Å². The Morgan fingerprint density at radius 2 is 1.90 bits per heavy atom. The fraction of sp³-hybridized carbons (Fsp3) is 0.350. The van der Waals surface area contributed by atoms with E-state index in [0.717, 1.165) is 24.2 Å². The summed E-state index contributed by atoms with van der Waals surface area (Å²) in [6.45, 7) is 0. The zero-order valence-electron chi connectivity index (χ0n) is 15.7. The number of carbonyl (C=O) groups is 1. The zero-order chi connectivity index (χ0) is 20.0. The molecule has 1 aliphatic carbocycles. The maximum Gasteiger partial charge on any atom is 0.275 e. The summed E-state index contributed by atoms with van der Waals surface area (Å²) in [5, 5.41) is 11.9. The van der Waals surface area contributed by atoms with Gasteiger partial charge in [-0.05, 0) is 37.5 Å². The van der Waals surface area contributed by atoms with Crippen LogP contribution >= 0.6 is 0 Å². The first-order chi connectivity index (χ1) is 14.0. The van der Waals surface area contributed by atoms with Crippen LogP contribution in [0.2, 0.25) is 0 Å². The molecule has 1 atom stereocenters. The third kappa shape index (κ3) is 3.57. The normalized spacial score (nSPS) is 20.6. The molecule has 1 aromatic carbocycles. The van der Waals surface area contributed by atoms with E-state index in [2.05, 4.69) is 15.5 Å². The van der Waals surface area contributed by atoms with Crippen molar-refractivity contribution in [1.29, 1.82) is 0 Å². The van der Waals surface area contributed by atoms with Crippen molar-refractivity contribution >= 4 is 21.6 Å². The van der Waals surface area contributed by atoms with Gasteiger partial charge < -0.3 is 5.32 Å². The van der Waals surface area contributed by atoms with Crippen LogP contribution in [-0.2, 0) is 9.84 Å². The molecule has 3 aromatic rings. The van der Waals surface area contributed by atoms with E-state index in [1.807, 2.05) is 36.4 Å². The van der Waals surface area contributed by atoms with Crippen LogP contribution in [-0.4, -0.2) is 45.4 Å². The number of nitrogens with zero attached hydrogens (tertiary/aromatic N) is 4. The van der Waals surface area contributed by atoms with E-state index in [0.29, 0.717) is 23.9 Å². The highest BCUT2D eigenvalue weighted by molar-refractivity contribution is 7.91. The standard InChI is InChI=1S/C20H21N5O3S/c26-20(18-8-10-21-24(18)15-4-2-1-3-5-15)22-19-12-17(14-6-7-14)23-25(19)16-9-11-29(27,28)13-16/h1-5,8,10,12,14,16H,6-7,9,11,13H2,(H,22,26). The predicted octanol–water partition coefficient (Wildman–Crippen LogP) is 2.56. The number of benzene rings is 1. The first-order valence-corrected chi connectivity index (χ1v) is 11.5. The molecule has 150 valence electrons. The number of anilines is 1. The van der Waals surface area contributed by atoms with Crippen molar-refractivity contribution in [2.24, 2.45) is 0 Å². The Hall–Kier alpha value is -2.94. The Morgan fingerprint density at radius 3 is 2.59 bits per heavy atom. The quantitative estimate of drug-likeness (QED) is 0.696. The Labute approximate surface area is 168 Å². The van der Waals surface area contributed by atoms with Crippen LogP contribution in [0, 0.1) is 0 Å². The molecule has 5 rings (SSSR count). The molecular formula is C20H21N5O3S. The number of sulfone groups is 1.